The lowest BCUT2D eigenvalue weighted by Gasteiger charge is -2.18. The third-order valence-electron chi connectivity index (χ3n) is 2.87. The van der Waals surface area contributed by atoms with E-state index in [-0.39, 0.29) is 48.3 Å². The number of anilines is 2. The molecule has 0 aromatic heterocycles. The number of nitrogen functional groups attached to an aromatic ring is 2. The van der Waals surface area contributed by atoms with Gasteiger partial charge in [0.15, 0.2) is 11.5 Å². The molecule has 0 bridgehead atoms. The molecule has 130 valence electrons. The average molecular weight is 328 g/mol. The number of hydrogen-bond acceptors (Lipinski definition) is 8. The van der Waals surface area contributed by atoms with Gasteiger partial charge in [0.05, 0.1) is 36.8 Å². The number of hydrogen-bond donors (Lipinski definition) is 2. The molecule has 0 aliphatic carbocycles. The number of benzene rings is 1. The molecule has 0 amide bonds. The summed E-state index contributed by atoms with van der Waals surface area (Å²) in [5.74, 6) is -0.110. The van der Waals surface area contributed by atoms with Gasteiger partial charge in [-0.15, -0.1) is 0 Å². The van der Waals surface area contributed by atoms with Gasteiger partial charge in [-0.1, -0.05) is 0 Å². The lowest BCUT2D eigenvalue weighted by Crippen LogP contribution is -2.15. The quantitative estimate of drug-likeness (QED) is 0.372. The zero-order valence-electron chi connectivity index (χ0n) is 13.7. The van der Waals surface area contributed by atoms with Crippen LogP contribution in [0, 0.1) is 0 Å². The lowest BCUT2D eigenvalue weighted by molar-refractivity contribution is 0.0527. The minimum Gasteiger partial charge on any atom is -0.485 e. The Morgan fingerprint density at radius 1 is 1.00 bits per heavy atom. The first-order valence-electron chi connectivity index (χ1n) is 7.19. The van der Waals surface area contributed by atoms with Gasteiger partial charge in [-0.05, 0) is 13.0 Å². The molecule has 0 spiro atoms. The Kier molecular flexibility index (Phi) is 8.00. The summed E-state index contributed by atoms with van der Waals surface area (Å²) in [4.78, 5) is 12.0. The minimum atomic E-state index is -0.572. The van der Waals surface area contributed by atoms with Crippen molar-refractivity contribution in [1.29, 1.82) is 0 Å². The van der Waals surface area contributed by atoms with Gasteiger partial charge in [0.1, 0.15) is 13.2 Å². The fourth-order valence-electron chi connectivity index (χ4n) is 1.80. The van der Waals surface area contributed by atoms with Crippen LogP contribution in [-0.2, 0) is 14.2 Å². The zero-order chi connectivity index (χ0) is 17.2. The summed E-state index contributed by atoms with van der Waals surface area (Å²) >= 11 is 0. The lowest BCUT2D eigenvalue weighted by atomic mass is 10.1. The first-order chi connectivity index (χ1) is 11.1. The summed E-state index contributed by atoms with van der Waals surface area (Å²) in [5.41, 5.74) is 12.5. The van der Waals surface area contributed by atoms with Crippen LogP contribution in [-0.4, -0.2) is 53.2 Å². The number of carbonyl (C=O) groups excluding carboxylic acids is 1. The van der Waals surface area contributed by atoms with Crippen LogP contribution in [0.5, 0.6) is 11.5 Å². The molecule has 0 heterocycles. The molecular formula is C15H24N2O6. The van der Waals surface area contributed by atoms with E-state index in [1.807, 2.05) is 0 Å². The molecule has 0 atom stereocenters. The second kappa shape index (κ2) is 9.75. The van der Waals surface area contributed by atoms with Crippen LogP contribution in [0.4, 0.5) is 11.4 Å². The molecule has 8 heteroatoms. The molecule has 23 heavy (non-hydrogen) atoms. The molecule has 0 unspecified atom stereocenters. The maximum Gasteiger partial charge on any atom is 0.340 e. The Balaban J connectivity index is 3.16. The second-order valence-electron chi connectivity index (χ2n) is 4.49. The predicted octanol–water partition coefficient (Wildman–Crippen LogP) is 1.08. The highest BCUT2D eigenvalue weighted by atomic mass is 16.6. The highest BCUT2D eigenvalue weighted by molar-refractivity contribution is 5.99. The van der Waals surface area contributed by atoms with Crippen LogP contribution in [0.2, 0.25) is 0 Å². The summed E-state index contributed by atoms with van der Waals surface area (Å²) in [6.07, 6.45) is 0. The smallest absolute Gasteiger partial charge is 0.340 e. The van der Waals surface area contributed by atoms with E-state index >= 15 is 0 Å². The number of rotatable bonds is 10. The van der Waals surface area contributed by atoms with E-state index in [0.717, 1.165) is 0 Å². The van der Waals surface area contributed by atoms with E-state index < -0.39 is 5.97 Å². The standard InChI is InChI=1S/C15H24N2O6/c1-4-21-15(18)10-9-11(16)13(22-7-5-19-2)14(12(10)17)23-8-6-20-3/h9H,4-8,16-17H2,1-3H3. The predicted molar refractivity (Wildman–Crippen MR) is 86.0 cm³/mol. The van der Waals surface area contributed by atoms with Gasteiger partial charge >= 0.3 is 5.97 Å². The molecular weight excluding hydrogens is 304 g/mol. The van der Waals surface area contributed by atoms with E-state index in [4.69, 9.17) is 35.2 Å². The van der Waals surface area contributed by atoms with Crippen LogP contribution in [0.1, 0.15) is 17.3 Å². The first kappa shape index (κ1) is 18.9. The van der Waals surface area contributed by atoms with Crippen LogP contribution >= 0.6 is 0 Å². The Bertz CT molecular complexity index is 521. The third kappa shape index (κ3) is 5.19. The summed E-state index contributed by atoms with van der Waals surface area (Å²) in [6.45, 7) is 3.14. The van der Waals surface area contributed by atoms with E-state index in [1.54, 1.807) is 21.1 Å². The molecule has 1 aromatic rings. The van der Waals surface area contributed by atoms with Crippen molar-refractivity contribution >= 4 is 17.3 Å². The highest BCUT2D eigenvalue weighted by Gasteiger charge is 2.22. The van der Waals surface area contributed by atoms with E-state index in [2.05, 4.69) is 0 Å². The average Bonchev–Trinajstić information content (AvgIpc) is 2.53. The van der Waals surface area contributed by atoms with Crippen molar-refractivity contribution in [2.45, 2.75) is 6.92 Å². The van der Waals surface area contributed by atoms with Crippen molar-refractivity contribution in [1.82, 2.24) is 0 Å². The summed E-state index contributed by atoms with van der Waals surface area (Å²) in [7, 11) is 3.10. The largest absolute Gasteiger partial charge is 0.485 e. The monoisotopic (exact) mass is 328 g/mol. The molecule has 1 aromatic carbocycles. The van der Waals surface area contributed by atoms with E-state index in [0.29, 0.717) is 13.2 Å². The molecule has 1 rings (SSSR count). The summed E-state index contributed by atoms with van der Waals surface area (Å²) < 4.78 is 26.0. The van der Waals surface area contributed by atoms with Crippen LogP contribution in [0.15, 0.2) is 6.07 Å². The SMILES string of the molecule is CCOC(=O)c1cc(N)c(OCCOC)c(OCCOC)c1N. The highest BCUT2D eigenvalue weighted by Crippen LogP contribution is 2.41. The molecule has 0 saturated heterocycles. The van der Waals surface area contributed by atoms with Crippen molar-refractivity contribution in [3.05, 3.63) is 11.6 Å². The summed E-state index contributed by atoms with van der Waals surface area (Å²) in [6, 6.07) is 1.42. The number of nitrogens with two attached hydrogens (primary N) is 2. The van der Waals surface area contributed by atoms with E-state index in [1.165, 1.54) is 6.07 Å². The minimum absolute atomic E-state index is 0.112. The molecule has 8 nitrogen and oxygen atoms in total. The fourth-order valence-corrected chi connectivity index (χ4v) is 1.80. The van der Waals surface area contributed by atoms with Gasteiger partial charge in [-0.25, -0.2) is 4.79 Å². The Morgan fingerprint density at radius 2 is 1.57 bits per heavy atom. The van der Waals surface area contributed by atoms with Crippen molar-refractivity contribution in [2.75, 3.05) is 58.7 Å². The van der Waals surface area contributed by atoms with Gasteiger partial charge in [-0.2, -0.15) is 0 Å². The molecule has 0 aliphatic heterocycles. The van der Waals surface area contributed by atoms with Crippen LogP contribution < -0.4 is 20.9 Å². The van der Waals surface area contributed by atoms with Crippen molar-refractivity contribution in [3.8, 4) is 11.5 Å². The topological polar surface area (TPSA) is 115 Å². The Morgan fingerprint density at radius 3 is 2.09 bits per heavy atom. The maximum atomic E-state index is 12.0. The number of esters is 1. The van der Waals surface area contributed by atoms with Crippen molar-refractivity contribution in [2.24, 2.45) is 0 Å². The zero-order valence-corrected chi connectivity index (χ0v) is 13.7. The fraction of sp³-hybridized carbons (Fsp3) is 0.533. The van der Waals surface area contributed by atoms with E-state index in [9.17, 15) is 4.79 Å². The van der Waals surface area contributed by atoms with Gasteiger partial charge < -0.3 is 35.2 Å². The molecule has 0 radical (unpaired) electrons. The molecule has 0 aliphatic rings. The Hall–Kier alpha value is -2.19. The summed E-state index contributed by atoms with van der Waals surface area (Å²) in [5, 5.41) is 0. The van der Waals surface area contributed by atoms with Crippen molar-refractivity contribution < 1.29 is 28.5 Å². The second-order valence-corrected chi connectivity index (χ2v) is 4.49. The van der Waals surface area contributed by atoms with Crippen molar-refractivity contribution in [3.63, 3.8) is 0 Å². The van der Waals surface area contributed by atoms with Crippen LogP contribution in [0.3, 0.4) is 0 Å². The van der Waals surface area contributed by atoms with Crippen LogP contribution in [0.25, 0.3) is 0 Å². The number of ether oxygens (including phenoxy) is 5. The first-order valence-corrected chi connectivity index (χ1v) is 7.19. The normalized spacial score (nSPS) is 10.4. The third-order valence-corrected chi connectivity index (χ3v) is 2.87. The van der Waals surface area contributed by atoms with Gasteiger partial charge in [0.25, 0.3) is 0 Å². The molecule has 4 N–H and O–H groups in total. The molecule has 0 saturated carbocycles. The van der Waals surface area contributed by atoms with Gasteiger partial charge in [-0.3, -0.25) is 0 Å². The number of methoxy groups -OCH3 is 2. The number of carbonyl (C=O) groups is 1. The maximum absolute atomic E-state index is 12.0. The van der Waals surface area contributed by atoms with Gasteiger partial charge in [0.2, 0.25) is 0 Å². The van der Waals surface area contributed by atoms with Gasteiger partial charge in [0, 0.05) is 14.2 Å². The molecule has 0 fully saturated rings. The Labute approximate surface area is 135 Å².